The van der Waals surface area contributed by atoms with Gasteiger partial charge < -0.3 is 15.8 Å². The third-order valence-corrected chi connectivity index (χ3v) is 8.37. The summed E-state index contributed by atoms with van der Waals surface area (Å²) in [5, 5.41) is 2.84. The van der Waals surface area contributed by atoms with Gasteiger partial charge in [0.05, 0.1) is 16.8 Å². The molecule has 0 bridgehead atoms. The summed E-state index contributed by atoms with van der Waals surface area (Å²) in [6, 6.07) is 23.1. The van der Waals surface area contributed by atoms with Crippen LogP contribution in [-0.4, -0.2) is 37.0 Å². The fraction of sp³-hybridized carbons (Fsp3) is 0.242. The first-order valence-electron chi connectivity index (χ1n) is 14.3. The Morgan fingerprint density at radius 3 is 2.45 bits per heavy atom. The first-order valence-corrected chi connectivity index (χ1v) is 14.7. The lowest BCUT2D eigenvalue weighted by molar-refractivity contribution is -0.160. The highest BCUT2D eigenvalue weighted by Gasteiger charge is 2.38. The molecule has 224 valence electrons. The SMILES string of the molecule is CC(=O)OC(C)(C)C(=O)Nc1cccc(-c2ccc3nc(-c4cccnc4N)n(-c4ccc(C5(NCl)CCC5)cc4)c3n2)c1. The second-order valence-electron chi connectivity index (χ2n) is 11.5. The molecule has 0 atom stereocenters. The first kappa shape index (κ1) is 29.3. The maximum atomic E-state index is 12.8. The number of fused-ring (bicyclic) bond motifs is 1. The maximum absolute atomic E-state index is 12.8. The molecule has 6 rings (SSSR count). The number of nitrogens with zero attached hydrogens (tertiary/aromatic N) is 4. The fourth-order valence-electron chi connectivity index (χ4n) is 5.49. The molecule has 0 saturated heterocycles. The van der Waals surface area contributed by atoms with Crippen LogP contribution in [0.25, 0.3) is 39.5 Å². The van der Waals surface area contributed by atoms with Gasteiger partial charge in [-0.15, -0.1) is 0 Å². The van der Waals surface area contributed by atoms with E-state index >= 15 is 0 Å². The quantitative estimate of drug-likeness (QED) is 0.141. The van der Waals surface area contributed by atoms with E-state index in [1.165, 1.54) is 6.92 Å². The molecule has 1 saturated carbocycles. The van der Waals surface area contributed by atoms with Crippen molar-refractivity contribution in [1.82, 2.24) is 24.4 Å². The van der Waals surface area contributed by atoms with Crippen molar-refractivity contribution in [2.75, 3.05) is 11.1 Å². The smallest absolute Gasteiger partial charge is 0.303 e. The fourth-order valence-corrected chi connectivity index (χ4v) is 5.79. The number of aromatic nitrogens is 4. The number of carbonyl (C=O) groups excluding carboxylic acids is 2. The van der Waals surface area contributed by atoms with E-state index in [0.29, 0.717) is 39.8 Å². The largest absolute Gasteiger partial charge is 0.450 e. The Hall–Kier alpha value is -4.80. The first-order chi connectivity index (χ1) is 21.1. The number of esters is 1. The summed E-state index contributed by atoms with van der Waals surface area (Å²) in [7, 11) is 0. The molecule has 10 nitrogen and oxygen atoms in total. The normalized spacial score (nSPS) is 14.2. The molecule has 3 aromatic heterocycles. The summed E-state index contributed by atoms with van der Waals surface area (Å²) < 4.78 is 7.16. The summed E-state index contributed by atoms with van der Waals surface area (Å²) in [5.41, 5.74) is 10.7. The number of benzene rings is 2. The second-order valence-corrected chi connectivity index (χ2v) is 11.7. The van der Waals surface area contributed by atoms with E-state index in [-0.39, 0.29) is 5.54 Å². The third-order valence-electron chi connectivity index (χ3n) is 8.01. The Bertz CT molecular complexity index is 1880. The van der Waals surface area contributed by atoms with Gasteiger partial charge in [0.15, 0.2) is 17.1 Å². The molecule has 0 aliphatic heterocycles. The van der Waals surface area contributed by atoms with Crippen molar-refractivity contribution >= 4 is 46.3 Å². The molecule has 4 N–H and O–H groups in total. The predicted molar refractivity (Wildman–Crippen MR) is 171 cm³/mol. The van der Waals surface area contributed by atoms with Crippen LogP contribution in [0.1, 0.15) is 45.6 Å². The van der Waals surface area contributed by atoms with Crippen molar-refractivity contribution in [3.8, 4) is 28.3 Å². The van der Waals surface area contributed by atoms with Crippen molar-refractivity contribution in [3.05, 3.63) is 84.6 Å². The lowest BCUT2D eigenvalue weighted by Gasteiger charge is -2.41. The topological polar surface area (TPSA) is 137 Å². The van der Waals surface area contributed by atoms with Gasteiger partial charge >= 0.3 is 5.97 Å². The zero-order valence-electron chi connectivity index (χ0n) is 24.6. The van der Waals surface area contributed by atoms with Crippen LogP contribution < -0.4 is 15.9 Å². The average Bonchev–Trinajstić information content (AvgIpc) is 3.35. The predicted octanol–water partition coefficient (Wildman–Crippen LogP) is 6.13. The van der Waals surface area contributed by atoms with Crippen LogP contribution in [0.4, 0.5) is 11.5 Å². The monoisotopic (exact) mass is 609 g/mol. The van der Waals surface area contributed by atoms with E-state index in [4.69, 9.17) is 32.2 Å². The van der Waals surface area contributed by atoms with Gasteiger partial charge in [-0.2, -0.15) is 0 Å². The van der Waals surface area contributed by atoms with E-state index < -0.39 is 17.5 Å². The van der Waals surface area contributed by atoms with Gasteiger partial charge in [0.2, 0.25) is 0 Å². The average molecular weight is 610 g/mol. The molecule has 0 spiro atoms. The summed E-state index contributed by atoms with van der Waals surface area (Å²) in [5.74, 6) is 0.00109. The zero-order chi connectivity index (χ0) is 31.1. The Morgan fingerprint density at radius 2 is 1.80 bits per heavy atom. The van der Waals surface area contributed by atoms with Crippen LogP contribution in [0.2, 0.25) is 0 Å². The van der Waals surface area contributed by atoms with Gasteiger partial charge in [0.1, 0.15) is 11.3 Å². The van der Waals surface area contributed by atoms with Crippen molar-refractivity contribution < 1.29 is 14.3 Å². The Balaban J connectivity index is 1.42. The molecule has 0 radical (unpaired) electrons. The van der Waals surface area contributed by atoms with Crippen LogP contribution in [0.5, 0.6) is 0 Å². The number of imidazole rings is 1. The number of halogens is 1. The number of amides is 1. The van der Waals surface area contributed by atoms with Crippen LogP contribution in [0, 0.1) is 0 Å². The number of nitrogen functional groups attached to an aromatic ring is 1. The maximum Gasteiger partial charge on any atom is 0.303 e. The van der Waals surface area contributed by atoms with Crippen LogP contribution >= 0.6 is 11.8 Å². The van der Waals surface area contributed by atoms with Crippen molar-refractivity contribution in [1.29, 1.82) is 0 Å². The number of nitrogens with two attached hydrogens (primary N) is 1. The van der Waals surface area contributed by atoms with Gasteiger partial charge in [0.25, 0.3) is 5.91 Å². The Labute approximate surface area is 259 Å². The van der Waals surface area contributed by atoms with E-state index in [1.54, 1.807) is 26.1 Å². The van der Waals surface area contributed by atoms with Crippen molar-refractivity contribution in [3.63, 3.8) is 0 Å². The van der Waals surface area contributed by atoms with E-state index in [2.05, 4.69) is 27.3 Å². The number of anilines is 2. The number of ether oxygens (including phenoxy) is 1. The third kappa shape index (κ3) is 5.38. The number of hydrogen-bond acceptors (Lipinski definition) is 8. The molecule has 1 aliphatic carbocycles. The van der Waals surface area contributed by atoms with Crippen molar-refractivity contribution in [2.24, 2.45) is 0 Å². The van der Waals surface area contributed by atoms with Gasteiger partial charge in [0, 0.05) is 30.1 Å². The molecule has 1 aliphatic rings. The summed E-state index contributed by atoms with van der Waals surface area (Å²) in [6.45, 7) is 4.36. The molecule has 0 unspecified atom stereocenters. The molecule has 11 heteroatoms. The summed E-state index contributed by atoms with van der Waals surface area (Å²) in [4.78, 5) is 41.5. The highest BCUT2D eigenvalue weighted by atomic mass is 35.5. The minimum absolute atomic E-state index is 0.215. The molecule has 2 aromatic carbocycles. The van der Waals surface area contributed by atoms with Crippen LogP contribution in [0.15, 0.2) is 79.0 Å². The van der Waals surface area contributed by atoms with Gasteiger partial charge in [-0.05, 0) is 99.0 Å². The molecule has 44 heavy (non-hydrogen) atoms. The number of rotatable bonds is 8. The van der Waals surface area contributed by atoms with Gasteiger partial charge in [-0.25, -0.2) is 19.8 Å². The molecule has 1 amide bonds. The van der Waals surface area contributed by atoms with E-state index in [0.717, 1.165) is 36.1 Å². The standard InChI is InChI=1S/C33H32ClN7O3/c1-20(42)44-32(2,3)31(43)37-23-8-4-7-21(19-23)26-14-15-27-30(38-26)41(29(39-27)25-9-5-18-36-28(25)35)24-12-10-22(11-13-24)33(40-34)16-6-17-33/h4-5,7-15,18-19,40H,6,16-17H2,1-3H3,(H2,35,36)(H,37,43). The lowest BCUT2D eigenvalue weighted by atomic mass is 9.73. The highest BCUT2D eigenvalue weighted by Crippen LogP contribution is 2.42. The minimum Gasteiger partial charge on any atom is -0.450 e. The molecule has 5 aromatic rings. The number of carbonyl (C=O) groups is 2. The Morgan fingerprint density at radius 1 is 1.02 bits per heavy atom. The van der Waals surface area contributed by atoms with E-state index in [9.17, 15) is 9.59 Å². The number of hydrogen-bond donors (Lipinski definition) is 3. The van der Waals surface area contributed by atoms with E-state index in [1.807, 2.05) is 59.2 Å². The summed E-state index contributed by atoms with van der Waals surface area (Å²) in [6.07, 6.45) is 4.73. The highest BCUT2D eigenvalue weighted by molar-refractivity contribution is 6.14. The lowest BCUT2D eigenvalue weighted by Crippen LogP contribution is -2.43. The van der Waals surface area contributed by atoms with Gasteiger partial charge in [-0.1, -0.05) is 24.3 Å². The molecule has 3 heterocycles. The van der Waals surface area contributed by atoms with Crippen LogP contribution in [-0.2, 0) is 19.9 Å². The number of nitrogens with one attached hydrogen (secondary N) is 2. The van der Waals surface area contributed by atoms with Crippen LogP contribution in [0.3, 0.4) is 0 Å². The molecule has 1 fully saturated rings. The summed E-state index contributed by atoms with van der Waals surface area (Å²) >= 11 is 6.15. The number of pyridine rings is 2. The second kappa shape index (κ2) is 11.4. The Kier molecular flexibility index (Phi) is 7.56. The molecular weight excluding hydrogens is 578 g/mol. The van der Waals surface area contributed by atoms with Gasteiger partial charge in [-0.3, -0.25) is 14.2 Å². The molecular formula is C33H32ClN7O3. The zero-order valence-corrected chi connectivity index (χ0v) is 25.4. The minimum atomic E-state index is -1.33. The van der Waals surface area contributed by atoms with Crippen molar-refractivity contribution in [2.45, 2.75) is 51.2 Å².